The lowest BCUT2D eigenvalue weighted by Gasteiger charge is -1.79. The van der Waals surface area contributed by atoms with E-state index >= 15 is 0 Å². The van der Waals surface area contributed by atoms with Crippen molar-refractivity contribution in [3.05, 3.63) is 11.4 Å². The van der Waals surface area contributed by atoms with Crippen LogP contribution in [0.15, 0.2) is 0 Å². The quantitative estimate of drug-likeness (QED) is 0.657. The number of aromatic nitrogens is 3. The van der Waals surface area contributed by atoms with Gasteiger partial charge in [0.1, 0.15) is 0 Å². The van der Waals surface area contributed by atoms with Gasteiger partial charge >= 0.3 is 0 Å². The number of rotatable bonds is 0. The Bertz CT molecular complexity index is 205. The van der Waals surface area contributed by atoms with E-state index < -0.39 is 0 Å². The van der Waals surface area contributed by atoms with E-state index in [1.54, 1.807) is 4.80 Å². The highest BCUT2D eigenvalue weighted by Gasteiger charge is 1.94. The molecule has 1 rings (SSSR count). The summed E-state index contributed by atoms with van der Waals surface area (Å²) in [5.41, 5.74) is 2.01. The third-order valence-electron chi connectivity index (χ3n) is 1.11. The Morgan fingerprint density at radius 2 is 1.07 bits per heavy atom. The molecule has 0 aliphatic carbocycles. The van der Waals surface area contributed by atoms with Gasteiger partial charge in [-0.1, -0.05) is 43.1 Å². The highest BCUT2D eigenvalue weighted by atomic mass is 15.5. The Hall–Kier alpha value is -0.860. The second-order valence-corrected chi connectivity index (χ2v) is 3.59. The molecule has 94 valence electrons. The minimum atomic E-state index is 0. The second-order valence-electron chi connectivity index (χ2n) is 3.59. The van der Waals surface area contributed by atoms with Crippen molar-refractivity contribution in [2.75, 3.05) is 0 Å². The van der Waals surface area contributed by atoms with Gasteiger partial charge in [0, 0.05) is 7.05 Å². The van der Waals surface area contributed by atoms with Crippen molar-refractivity contribution in [1.82, 2.24) is 15.0 Å². The van der Waals surface area contributed by atoms with Gasteiger partial charge in [-0.3, -0.25) is 0 Å². The molecule has 0 aliphatic rings. The summed E-state index contributed by atoms with van der Waals surface area (Å²) in [6.07, 6.45) is 0. The van der Waals surface area contributed by atoms with Gasteiger partial charge in [0.25, 0.3) is 0 Å². The van der Waals surface area contributed by atoms with Crippen LogP contribution >= 0.6 is 0 Å². The molecular formula is C12H31N3. The van der Waals surface area contributed by atoms with Gasteiger partial charge in [0.15, 0.2) is 0 Å². The lowest BCUT2D eigenvalue weighted by atomic mass is 10.3. The van der Waals surface area contributed by atoms with Gasteiger partial charge in [-0.25, -0.2) is 0 Å². The minimum Gasteiger partial charge on any atom is -0.188 e. The molecule has 0 fully saturated rings. The molecule has 0 atom stereocenters. The molecule has 1 aromatic heterocycles. The Morgan fingerprint density at radius 1 is 0.867 bits per heavy atom. The predicted molar refractivity (Wildman–Crippen MR) is 71.2 cm³/mol. The van der Waals surface area contributed by atoms with Crippen LogP contribution in [0.4, 0.5) is 0 Å². The molecule has 0 unspecified atom stereocenters. The van der Waals surface area contributed by atoms with Crippen molar-refractivity contribution in [2.45, 2.75) is 56.9 Å². The van der Waals surface area contributed by atoms with E-state index in [1.807, 2.05) is 20.9 Å². The van der Waals surface area contributed by atoms with Crippen LogP contribution in [0.3, 0.4) is 0 Å². The van der Waals surface area contributed by atoms with Gasteiger partial charge in [0.2, 0.25) is 0 Å². The molecule has 1 aromatic rings. The summed E-state index contributed by atoms with van der Waals surface area (Å²) >= 11 is 0. The minimum absolute atomic E-state index is 0. The summed E-state index contributed by atoms with van der Waals surface area (Å²) in [6, 6.07) is 0. The van der Waals surface area contributed by atoms with Crippen molar-refractivity contribution >= 4 is 0 Å². The first-order chi connectivity index (χ1) is 5.43. The fourth-order valence-electron chi connectivity index (χ4n) is 0.601. The molecule has 0 saturated carbocycles. The van der Waals surface area contributed by atoms with Crippen LogP contribution < -0.4 is 0 Å². The van der Waals surface area contributed by atoms with Crippen LogP contribution in [0.1, 0.15) is 54.4 Å². The Labute approximate surface area is 96.9 Å². The molecule has 0 N–H and O–H groups in total. The van der Waals surface area contributed by atoms with Crippen molar-refractivity contribution in [3.63, 3.8) is 0 Å². The fraction of sp³-hybridized carbons (Fsp3) is 0.833. The largest absolute Gasteiger partial charge is 0.188 e. The van der Waals surface area contributed by atoms with E-state index in [9.17, 15) is 0 Å². The molecule has 0 aliphatic heterocycles. The Balaban J connectivity index is -0.0000000779. The summed E-state index contributed by atoms with van der Waals surface area (Å²) in [5, 5.41) is 8.03. The average Bonchev–Trinajstić information content (AvgIpc) is 2.08. The van der Waals surface area contributed by atoms with Crippen molar-refractivity contribution in [1.29, 1.82) is 0 Å². The molecule has 0 aromatic carbocycles. The third kappa shape index (κ3) is 13.1. The molecule has 0 bridgehead atoms. The maximum absolute atomic E-state index is 4.02. The zero-order valence-electron chi connectivity index (χ0n) is 8.92. The summed E-state index contributed by atoms with van der Waals surface area (Å²) in [4.78, 5) is 1.57. The molecule has 1 heterocycles. The topological polar surface area (TPSA) is 30.7 Å². The summed E-state index contributed by atoms with van der Waals surface area (Å²) in [6.45, 7) is 10.4. The molecule has 0 saturated heterocycles. The first-order valence-electron chi connectivity index (χ1n) is 4.28. The summed E-state index contributed by atoms with van der Waals surface area (Å²) in [5.74, 6) is 0.833. The zero-order valence-corrected chi connectivity index (χ0v) is 8.92. The van der Waals surface area contributed by atoms with Gasteiger partial charge in [0.05, 0.1) is 11.4 Å². The van der Waals surface area contributed by atoms with E-state index in [2.05, 4.69) is 31.0 Å². The smallest absolute Gasteiger partial charge is 0.0825 e. The molecule has 0 amide bonds. The highest BCUT2D eigenvalue weighted by molar-refractivity contribution is 5.02. The normalized spacial score (nSPS) is 7.67. The van der Waals surface area contributed by atoms with E-state index in [-0.39, 0.29) is 22.3 Å². The zero-order chi connectivity index (χ0) is 9.72. The first-order valence-corrected chi connectivity index (χ1v) is 4.28. The molecule has 0 spiro atoms. The van der Waals surface area contributed by atoms with Crippen LogP contribution in [0.25, 0.3) is 0 Å². The monoisotopic (exact) mass is 217 g/mol. The van der Waals surface area contributed by atoms with Crippen molar-refractivity contribution < 1.29 is 0 Å². The number of aryl methyl sites for hydroxylation is 3. The van der Waals surface area contributed by atoms with E-state index in [0.29, 0.717) is 0 Å². The second kappa shape index (κ2) is 11.2. The average molecular weight is 217 g/mol. The molecule has 15 heavy (non-hydrogen) atoms. The van der Waals surface area contributed by atoms with Crippen LogP contribution in [0, 0.1) is 19.8 Å². The van der Waals surface area contributed by atoms with Crippen molar-refractivity contribution in [2.24, 2.45) is 13.0 Å². The van der Waals surface area contributed by atoms with E-state index in [4.69, 9.17) is 0 Å². The number of nitrogens with zero attached hydrogens (tertiary/aromatic N) is 3. The van der Waals surface area contributed by atoms with Crippen LogP contribution in [-0.2, 0) is 7.05 Å². The maximum Gasteiger partial charge on any atom is 0.0825 e. The SMILES string of the molecule is C.C.C.CC(C)C.Cc1nn(C)nc1C. The predicted octanol–water partition coefficient (Wildman–Crippen LogP) is 4.00. The Kier molecular flexibility index (Phi) is 17.8. The fourth-order valence-corrected chi connectivity index (χ4v) is 0.601. The summed E-state index contributed by atoms with van der Waals surface area (Å²) < 4.78 is 0. The molecule has 3 nitrogen and oxygen atoms in total. The van der Waals surface area contributed by atoms with E-state index in [0.717, 1.165) is 17.3 Å². The highest BCUT2D eigenvalue weighted by Crippen LogP contribution is 1.94. The van der Waals surface area contributed by atoms with Gasteiger partial charge in [-0.15, -0.1) is 0 Å². The standard InChI is InChI=1S/C5H9N3.C4H10.3CH4/c1-4-5(2)7-8(3)6-4;1-4(2)3;;;/h1-3H3;4H,1-3H3;3*1H4. The van der Waals surface area contributed by atoms with Crippen LogP contribution in [0.5, 0.6) is 0 Å². The lowest BCUT2D eigenvalue weighted by molar-refractivity contribution is 0.646. The maximum atomic E-state index is 4.02. The van der Waals surface area contributed by atoms with Gasteiger partial charge in [-0.2, -0.15) is 15.0 Å². The molecule has 3 heteroatoms. The van der Waals surface area contributed by atoms with E-state index in [1.165, 1.54) is 0 Å². The molecular weight excluding hydrogens is 186 g/mol. The molecule has 0 radical (unpaired) electrons. The number of hydrogen-bond acceptors (Lipinski definition) is 2. The number of hydrogen-bond donors (Lipinski definition) is 0. The van der Waals surface area contributed by atoms with Crippen LogP contribution in [-0.4, -0.2) is 15.0 Å². The first kappa shape index (κ1) is 23.7. The van der Waals surface area contributed by atoms with Crippen LogP contribution in [0.2, 0.25) is 0 Å². The van der Waals surface area contributed by atoms with Gasteiger partial charge in [-0.05, 0) is 19.8 Å². The Morgan fingerprint density at radius 3 is 1.13 bits per heavy atom. The third-order valence-corrected chi connectivity index (χ3v) is 1.11. The summed E-state index contributed by atoms with van der Waals surface area (Å²) in [7, 11) is 1.82. The van der Waals surface area contributed by atoms with Gasteiger partial charge < -0.3 is 0 Å². The van der Waals surface area contributed by atoms with Crippen molar-refractivity contribution in [3.8, 4) is 0 Å². The lowest BCUT2D eigenvalue weighted by Crippen LogP contribution is -1.91.